The van der Waals surface area contributed by atoms with Crippen molar-refractivity contribution in [2.75, 3.05) is 10.5 Å². The molecule has 0 bridgehead atoms. The fourth-order valence-corrected chi connectivity index (χ4v) is 2.67. The number of nitrogens with two attached hydrogens (primary N) is 1. The van der Waals surface area contributed by atoms with Crippen LogP contribution in [-0.2, 0) is 10.0 Å². The average molecular weight is 298 g/mol. The summed E-state index contributed by atoms with van der Waals surface area (Å²) in [4.78, 5) is -0.0637. The molecule has 2 aromatic carbocycles. The monoisotopic (exact) mass is 298 g/mol. The summed E-state index contributed by atoms with van der Waals surface area (Å²) in [6.07, 6.45) is 0. The Bertz CT molecular complexity index is 744. The van der Waals surface area contributed by atoms with Gasteiger partial charge in [0.15, 0.2) is 11.6 Å². The van der Waals surface area contributed by atoms with Gasteiger partial charge in [0.05, 0.1) is 10.6 Å². The number of anilines is 2. The first-order valence-corrected chi connectivity index (χ1v) is 7.12. The standard InChI is InChI=1S/C13H12F2N2O2S/c1-8-2-4-9(5-3-8)20(18,19)17-13-11(16)7-6-10(14)12(13)15/h2-7,17H,16H2,1H3. The van der Waals surface area contributed by atoms with Crippen molar-refractivity contribution in [3.05, 3.63) is 53.6 Å². The van der Waals surface area contributed by atoms with Crippen molar-refractivity contribution in [2.24, 2.45) is 0 Å². The van der Waals surface area contributed by atoms with Gasteiger partial charge in [-0.1, -0.05) is 17.7 Å². The van der Waals surface area contributed by atoms with Crippen molar-refractivity contribution in [3.8, 4) is 0 Å². The van der Waals surface area contributed by atoms with Gasteiger partial charge >= 0.3 is 0 Å². The van der Waals surface area contributed by atoms with Crippen LogP contribution < -0.4 is 10.5 Å². The van der Waals surface area contributed by atoms with Crippen molar-refractivity contribution in [1.29, 1.82) is 0 Å². The van der Waals surface area contributed by atoms with Gasteiger partial charge in [0, 0.05) is 0 Å². The minimum atomic E-state index is -4.03. The first-order valence-electron chi connectivity index (χ1n) is 5.64. The number of rotatable bonds is 3. The summed E-state index contributed by atoms with van der Waals surface area (Å²) in [5.41, 5.74) is 5.55. The Kier molecular flexibility index (Phi) is 3.63. The van der Waals surface area contributed by atoms with Gasteiger partial charge in [0.1, 0.15) is 5.69 Å². The molecule has 106 valence electrons. The molecule has 0 radical (unpaired) electrons. The molecule has 0 aromatic heterocycles. The lowest BCUT2D eigenvalue weighted by atomic mass is 10.2. The van der Waals surface area contributed by atoms with Crippen molar-refractivity contribution in [1.82, 2.24) is 0 Å². The molecular formula is C13H12F2N2O2S. The smallest absolute Gasteiger partial charge is 0.262 e. The van der Waals surface area contributed by atoms with E-state index in [2.05, 4.69) is 0 Å². The molecule has 0 amide bonds. The Morgan fingerprint density at radius 2 is 1.65 bits per heavy atom. The van der Waals surface area contributed by atoms with Gasteiger partial charge in [-0.05, 0) is 31.2 Å². The Morgan fingerprint density at radius 1 is 1.05 bits per heavy atom. The van der Waals surface area contributed by atoms with Crippen molar-refractivity contribution < 1.29 is 17.2 Å². The van der Waals surface area contributed by atoms with Crippen LogP contribution in [0.3, 0.4) is 0 Å². The second-order valence-corrected chi connectivity index (χ2v) is 5.93. The van der Waals surface area contributed by atoms with Crippen LogP contribution in [0.4, 0.5) is 20.2 Å². The topological polar surface area (TPSA) is 72.2 Å². The molecule has 0 aliphatic rings. The van der Waals surface area contributed by atoms with Crippen molar-refractivity contribution >= 4 is 21.4 Å². The van der Waals surface area contributed by atoms with E-state index in [1.54, 1.807) is 19.1 Å². The van der Waals surface area contributed by atoms with E-state index in [1.807, 2.05) is 4.72 Å². The first kappa shape index (κ1) is 14.3. The summed E-state index contributed by atoms with van der Waals surface area (Å²) in [6, 6.07) is 7.84. The second-order valence-electron chi connectivity index (χ2n) is 4.24. The van der Waals surface area contributed by atoms with E-state index in [-0.39, 0.29) is 10.6 Å². The van der Waals surface area contributed by atoms with Crippen LogP contribution in [0.15, 0.2) is 41.3 Å². The van der Waals surface area contributed by atoms with Crippen molar-refractivity contribution in [3.63, 3.8) is 0 Å². The fourth-order valence-electron chi connectivity index (χ4n) is 1.58. The molecule has 2 rings (SSSR count). The molecule has 4 nitrogen and oxygen atoms in total. The molecule has 0 spiro atoms. The molecule has 20 heavy (non-hydrogen) atoms. The normalized spacial score (nSPS) is 11.3. The zero-order valence-corrected chi connectivity index (χ0v) is 11.3. The maximum Gasteiger partial charge on any atom is 0.262 e. The van der Waals surface area contributed by atoms with Crippen LogP contribution in [0.1, 0.15) is 5.56 Å². The number of benzene rings is 2. The summed E-state index contributed by atoms with van der Waals surface area (Å²) in [6.45, 7) is 1.80. The predicted octanol–water partition coefficient (Wildman–Crippen LogP) is 2.66. The zero-order chi connectivity index (χ0) is 14.9. The van der Waals surface area contributed by atoms with Crippen LogP contribution in [0, 0.1) is 18.6 Å². The molecule has 0 unspecified atom stereocenters. The molecule has 2 aromatic rings. The Balaban J connectivity index is 2.43. The number of hydrogen-bond acceptors (Lipinski definition) is 3. The van der Waals surface area contributed by atoms with Gasteiger partial charge < -0.3 is 5.73 Å². The van der Waals surface area contributed by atoms with Gasteiger partial charge in [-0.25, -0.2) is 17.2 Å². The van der Waals surface area contributed by atoms with Gasteiger partial charge in [-0.15, -0.1) is 0 Å². The highest BCUT2D eigenvalue weighted by atomic mass is 32.2. The third-order valence-corrected chi connectivity index (χ3v) is 4.06. The lowest BCUT2D eigenvalue weighted by Crippen LogP contribution is -2.15. The van der Waals surface area contributed by atoms with E-state index < -0.39 is 27.3 Å². The molecule has 7 heteroatoms. The molecule has 0 aliphatic carbocycles. The average Bonchev–Trinajstić information content (AvgIpc) is 2.40. The minimum Gasteiger partial charge on any atom is -0.397 e. The predicted molar refractivity (Wildman–Crippen MR) is 72.8 cm³/mol. The van der Waals surface area contributed by atoms with Crippen LogP contribution >= 0.6 is 0 Å². The summed E-state index contributed by atoms with van der Waals surface area (Å²) in [7, 11) is -4.03. The Hall–Kier alpha value is -2.15. The molecule has 0 fully saturated rings. The fraction of sp³-hybridized carbons (Fsp3) is 0.0769. The molecule has 0 saturated carbocycles. The number of aryl methyl sites for hydroxylation is 1. The summed E-state index contributed by atoms with van der Waals surface area (Å²) in [5, 5.41) is 0. The maximum absolute atomic E-state index is 13.6. The Labute approximate surface area is 115 Å². The lowest BCUT2D eigenvalue weighted by molar-refractivity contribution is 0.512. The first-order chi connectivity index (χ1) is 9.31. The van der Waals surface area contributed by atoms with Crippen LogP contribution in [0.2, 0.25) is 0 Å². The van der Waals surface area contributed by atoms with E-state index >= 15 is 0 Å². The third-order valence-electron chi connectivity index (χ3n) is 2.69. The van der Waals surface area contributed by atoms with Crippen LogP contribution in [0.25, 0.3) is 0 Å². The van der Waals surface area contributed by atoms with Gasteiger partial charge in [-0.3, -0.25) is 4.72 Å². The number of nitrogens with one attached hydrogen (secondary N) is 1. The highest BCUT2D eigenvalue weighted by Gasteiger charge is 2.20. The molecule has 0 saturated heterocycles. The third kappa shape index (κ3) is 2.72. The largest absolute Gasteiger partial charge is 0.397 e. The van der Waals surface area contributed by atoms with E-state index in [9.17, 15) is 17.2 Å². The van der Waals surface area contributed by atoms with Crippen molar-refractivity contribution in [2.45, 2.75) is 11.8 Å². The quantitative estimate of drug-likeness (QED) is 0.856. The van der Waals surface area contributed by atoms with E-state index in [0.29, 0.717) is 0 Å². The van der Waals surface area contributed by atoms with Gasteiger partial charge in [0.2, 0.25) is 0 Å². The number of hydrogen-bond donors (Lipinski definition) is 2. The van der Waals surface area contributed by atoms with E-state index in [0.717, 1.165) is 17.7 Å². The molecular weight excluding hydrogens is 286 g/mol. The summed E-state index contributed by atoms with van der Waals surface area (Å²) < 4.78 is 52.8. The maximum atomic E-state index is 13.6. The summed E-state index contributed by atoms with van der Waals surface area (Å²) >= 11 is 0. The lowest BCUT2D eigenvalue weighted by Gasteiger charge is -2.11. The molecule has 0 heterocycles. The molecule has 3 N–H and O–H groups in total. The van der Waals surface area contributed by atoms with Gasteiger partial charge in [0.25, 0.3) is 10.0 Å². The molecule has 0 aliphatic heterocycles. The minimum absolute atomic E-state index is 0.0637. The molecule has 0 atom stereocenters. The number of sulfonamides is 1. The highest BCUT2D eigenvalue weighted by Crippen LogP contribution is 2.27. The van der Waals surface area contributed by atoms with E-state index in [1.165, 1.54) is 12.1 Å². The van der Waals surface area contributed by atoms with Gasteiger partial charge in [-0.2, -0.15) is 0 Å². The zero-order valence-electron chi connectivity index (χ0n) is 10.5. The van der Waals surface area contributed by atoms with Crippen LogP contribution in [0.5, 0.6) is 0 Å². The van der Waals surface area contributed by atoms with Crippen LogP contribution in [-0.4, -0.2) is 8.42 Å². The SMILES string of the molecule is Cc1ccc(S(=O)(=O)Nc2c(N)ccc(F)c2F)cc1. The number of nitrogen functional groups attached to an aromatic ring is 1. The highest BCUT2D eigenvalue weighted by molar-refractivity contribution is 7.92. The second kappa shape index (κ2) is 5.09. The number of halogens is 2. The Morgan fingerprint density at radius 3 is 2.25 bits per heavy atom. The summed E-state index contributed by atoms with van der Waals surface area (Å²) in [5.74, 6) is -2.51. The van der Waals surface area contributed by atoms with E-state index in [4.69, 9.17) is 5.73 Å².